The number of benzene rings is 1. The first-order chi connectivity index (χ1) is 8.66. The molecule has 1 aliphatic rings. The van der Waals surface area contributed by atoms with Crippen molar-refractivity contribution in [2.75, 3.05) is 18.9 Å². The molecule has 2 heterocycles. The summed E-state index contributed by atoms with van der Waals surface area (Å²) in [6.07, 6.45) is 1.88. The van der Waals surface area contributed by atoms with Gasteiger partial charge in [-0.3, -0.25) is 0 Å². The van der Waals surface area contributed by atoms with Crippen LogP contribution in [0.1, 0.15) is 18.9 Å². The van der Waals surface area contributed by atoms with E-state index in [0.29, 0.717) is 22.0 Å². The highest BCUT2D eigenvalue weighted by Crippen LogP contribution is 2.33. The van der Waals surface area contributed by atoms with E-state index in [-0.39, 0.29) is 0 Å². The molecule has 6 heteroatoms. The van der Waals surface area contributed by atoms with Crippen LogP contribution in [-0.4, -0.2) is 22.8 Å². The maximum Gasteiger partial charge on any atom is 0.201 e. The maximum absolute atomic E-state index is 6.07. The summed E-state index contributed by atoms with van der Waals surface area (Å²) in [5.74, 6) is 0.509. The number of rotatable bonds is 1. The average molecular weight is 286 g/mol. The number of aromatic nitrogens is 2. The molecule has 0 radical (unpaired) electrons. The van der Waals surface area contributed by atoms with E-state index in [4.69, 9.17) is 33.7 Å². The molecule has 0 amide bonds. The van der Waals surface area contributed by atoms with Gasteiger partial charge in [-0.25, -0.2) is 4.98 Å². The van der Waals surface area contributed by atoms with Gasteiger partial charge in [-0.2, -0.15) is 0 Å². The van der Waals surface area contributed by atoms with E-state index in [1.165, 1.54) is 0 Å². The van der Waals surface area contributed by atoms with E-state index in [1.54, 1.807) is 6.07 Å². The molecule has 0 aliphatic carbocycles. The molecule has 1 saturated heterocycles. The molecule has 4 nitrogen and oxygen atoms in total. The molecular formula is C12H13Cl2N3O. The highest BCUT2D eigenvalue weighted by Gasteiger charge is 2.21. The molecular weight excluding hydrogens is 273 g/mol. The van der Waals surface area contributed by atoms with Crippen molar-refractivity contribution in [2.45, 2.75) is 18.9 Å². The summed E-state index contributed by atoms with van der Waals surface area (Å²) in [5.41, 5.74) is 7.73. The zero-order valence-corrected chi connectivity index (χ0v) is 11.2. The Hall–Kier alpha value is -0.970. The Kier molecular flexibility index (Phi) is 3.09. The number of nitrogens with two attached hydrogens (primary N) is 1. The van der Waals surface area contributed by atoms with Crippen LogP contribution in [0.15, 0.2) is 12.1 Å². The van der Waals surface area contributed by atoms with Crippen molar-refractivity contribution < 1.29 is 4.74 Å². The zero-order valence-electron chi connectivity index (χ0n) is 9.70. The molecule has 0 spiro atoms. The molecule has 0 saturated carbocycles. The number of anilines is 1. The minimum absolute atomic E-state index is 0.320. The monoisotopic (exact) mass is 285 g/mol. The lowest BCUT2D eigenvalue weighted by molar-refractivity contribution is 0.0711. The Morgan fingerprint density at radius 2 is 1.89 bits per heavy atom. The van der Waals surface area contributed by atoms with Gasteiger partial charge in [0.2, 0.25) is 5.95 Å². The van der Waals surface area contributed by atoms with E-state index < -0.39 is 0 Å². The molecule has 1 aromatic carbocycles. The first kappa shape index (κ1) is 12.1. The second-order valence-corrected chi connectivity index (χ2v) is 5.25. The Morgan fingerprint density at radius 3 is 2.61 bits per heavy atom. The fraction of sp³-hybridized carbons (Fsp3) is 0.417. The minimum Gasteiger partial charge on any atom is -0.381 e. The van der Waals surface area contributed by atoms with Crippen molar-refractivity contribution in [3.8, 4) is 0 Å². The van der Waals surface area contributed by atoms with Gasteiger partial charge in [-0.15, -0.1) is 0 Å². The lowest BCUT2D eigenvalue weighted by atomic mass is 10.1. The number of halogens is 2. The topological polar surface area (TPSA) is 53.1 Å². The third-order valence-electron chi connectivity index (χ3n) is 3.31. The number of imidazole rings is 1. The lowest BCUT2D eigenvalue weighted by Crippen LogP contribution is -2.20. The predicted molar refractivity (Wildman–Crippen MR) is 73.3 cm³/mol. The number of fused-ring (bicyclic) bond motifs is 1. The van der Waals surface area contributed by atoms with Crippen LogP contribution in [0.4, 0.5) is 5.95 Å². The van der Waals surface area contributed by atoms with E-state index in [2.05, 4.69) is 4.98 Å². The van der Waals surface area contributed by atoms with Crippen LogP contribution in [0.2, 0.25) is 10.0 Å². The molecule has 0 unspecified atom stereocenters. The number of hydrogen-bond donors (Lipinski definition) is 1. The second-order valence-electron chi connectivity index (χ2n) is 4.44. The normalized spacial score (nSPS) is 17.4. The Labute approximate surface area is 115 Å². The molecule has 3 rings (SSSR count). The number of hydrogen-bond acceptors (Lipinski definition) is 3. The van der Waals surface area contributed by atoms with Crippen molar-refractivity contribution in [3.63, 3.8) is 0 Å². The van der Waals surface area contributed by atoms with E-state index in [0.717, 1.165) is 37.1 Å². The van der Waals surface area contributed by atoms with Gasteiger partial charge in [-0.05, 0) is 25.0 Å². The van der Waals surface area contributed by atoms with E-state index in [9.17, 15) is 0 Å². The third-order valence-corrected chi connectivity index (χ3v) is 4.04. The van der Waals surface area contributed by atoms with Crippen molar-refractivity contribution in [1.29, 1.82) is 0 Å². The number of nitrogen functional groups attached to an aromatic ring is 1. The van der Waals surface area contributed by atoms with Gasteiger partial charge in [0.25, 0.3) is 0 Å². The summed E-state index contributed by atoms with van der Waals surface area (Å²) in [4.78, 5) is 4.35. The first-order valence-electron chi connectivity index (χ1n) is 5.87. The van der Waals surface area contributed by atoms with Crippen LogP contribution < -0.4 is 5.73 Å². The molecule has 1 aromatic heterocycles. The second kappa shape index (κ2) is 4.61. The molecule has 96 valence electrons. The van der Waals surface area contributed by atoms with Crippen LogP contribution in [-0.2, 0) is 4.74 Å². The van der Waals surface area contributed by atoms with Gasteiger partial charge in [0, 0.05) is 19.3 Å². The summed E-state index contributed by atoms with van der Waals surface area (Å²) in [6.45, 7) is 1.51. The van der Waals surface area contributed by atoms with Gasteiger partial charge in [0.15, 0.2) is 0 Å². The lowest BCUT2D eigenvalue weighted by Gasteiger charge is -2.24. The largest absolute Gasteiger partial charge is 0.381 e. The van der Waals surface area contributed by atoms with Crippen LogP contribution in [0, 0.1) is 0 Å². The highest BCUT2D eigenvalue weighted by atomic mass is 35.5. The van der Waals surface area contributed by atoms with E-state index >= 15 is 0 Å². The Morgan fingerprint density at radius 1 is 1.22 bits per heavy atom. The predicted octanol–water partition coefficient (Wildman–Crippen LogP) is 3.28. The van der Waals surface area contributed by atoms with Crippen LogP contribution in [0.3, 0.4) is 0 Å². The minimum atomic E-state index is 0.320. The molecule has 1 fully saturated rings. The molecule has 0 bridgehead atoms. The van der Waals surface area contributed by atoms with Crippen molar-refractivity contribution >= 4 is 40.2 Å². The zero-order chi connectivity index (χ0) is 12.7. The molecule has 2 aromatic rings. The van der Waals surface area contributed by atoms with Gasteiger partial charge in [0.1, 0.15) is 0 Å². The van der Waals surface area contributed by atoms with Crippen LogP contribution in [0.5, 0.6) is 0 Å². The SMILES string of the molecule is Nc1nc2cc(Cl)c(Cl)cc2n1C1CCOCC1. The van der Waals surface area contributed by atoms with Gasteiger partial charge < -0.3 is 15.0 Å². The molecule has 0 atom stereocenters. The van der Waals surface area contributed by atoms with Crippen molar-refractivity contribution in [3.05, 3.63) is 22.2 Å². The fourth-order valence-electron chi connectivity index (χ4n) is 2.44. The first-order valence-corrected chi connectivity index (χ1v) is 6.62. The summed E-state index contributed by atoms with van der Waals surface area (Å²) < 4.78 is 7.41. The summed E-state index contributed by atoms with van der Waals surface area (Å²) in [7, 11) is 0. The van der Waals surface area contributed by atoms with Crippen LogP contribution in [0.25, 0.3) is 11.0 Å². The summed E-state index contributed by atoms with van der Waals surface area (Å²) in [5, 5.41) is 1.03. The molecule has 1 aliphatic heterocycles. The van der Waals surface area contributed by atoms with Crippen molar-refractivity contribution in [2.24, 2.45) is 0 Å². The Balaban J connectivity index is 2.15. The smallest absolute Gasteiger partial charge is 0.201 e. The van der Waals surface area contributed by atoms with Crippen molar-refractivity contribution in [1.82, 2.24) is 9.55 Å². The van der Waals surface area contributed by atoms with Crippen LogP contribution >= 0.6 is 23.2 Å². The highest BCUT2D eigenvalue weighted by molar-refractivity contribution is 6.42. The quantitative estimate of drug-likeness (QED) is 0.875. The maximum atomic E-state index is 6.07. The summed E-state index contributed by atoms with van der Waals surface area (Å²) in [6, 6.07) is 3.91. The van der Waals surface area contributed by atoms with E-state index in [1.807, 2.05) is 10.6 Å². The summed E-state index contributed by atoms with van der Waals surface area (Å²) >= 11 is 12.1. The van der Waals surface area contributed by atoms with Gasteiger partial charge in [0.05, 0.1) is 21.1 Å². The van der Waals surface area contributed by atoms with Gasteiger partial charge >= 0.3 is 0 Å². The Bertz CT molecular complexity index is 591. The number of ether oxygens (including phenoxy) is 1. The standard InChI is InChI=1S/C12H13Cl2N3O/c13-8-5-10-11(6-9(8)14)17(12(15)16-10)7-1-3-18-4-2-7/h5-7H,1-4H2,(H2,15,16). The molecule has 2 N–H and O–H groups in total. The number of nitrogens with zero attached hydrogens (tertiary/aromatic N) is 2. The molecule has 18 heavy (non-hydrogen) atoms. The fourth-order valence-corrected chi connectivity index (χ4v) is 2.75. The third kappa shape index (κ3) is 1.94. The van der Waals surface area contributed by atoms with Gasteiger partial charge in [-0.1, -0.05) is 23.2 Å². The average Bonchev–Trinajstić information content (AvgIpc) is 2.66.